The van der Waals surface area contributed by atoms with Gasteiger partial charge in [-0.3, -0.25) is 19.7 Å². The number of nitrogens with zero attached hydrogens (tertiary/aromatic N) is 1. The van der Waals surface area contributed by atoms with E-state index in [1.165, 1.54) is 38.5 Å². The largest absolute Gasteiger partial charge is 0.328 e. The first-order valence-electron chi connectivity index (χ1n) is 11.7. The molecule has 3 amide bonds. The Balaban J connectivity index is 1.13. The van der Waals surface area contributed by atoms with E-state index >= 15 is 0 Å². The van der Waals surface area contributed by atoms with Crippen molar-refractivity contribution in [1.82, 2.24) is 15.5 Å². The van der Waals surface area contributed by atoms with Crippen LogP contribution in [0.2, 0.25) is 0 Å². The summed E-state index contributed by atoms with van der Waals surface area (Å²) in [5.41, 5.74) is 9.29. The molecule has 166 valence electrons. The fourth-order valence-corrected chi connectivity index (χ4v) is 6.09. The molecule has 7 nitrogen and oxygen atoms in total. The number of amides is 3. The van der Waals surface area contributed by atoms with Gasteiger partial charge in [0.15, 0.2) is 0 Å². The number of fused-ring (bicyclic) bond motifs is 1. The molecule has 31 heavy (non-hydrogen) atoms. The molecule has 2 heterocycles. The molecule has 1 saturated heterocycles. The second-order valence-electron chi connectivity index (χ2n) is 10.1. The molecular weight excluding hydrogens is 392 g/mol. The van der Waals surface area contributed by atoms with E-state index in [-0.39, 0.29) is 24.1 Å². The molecule has 0 radical (unpaired) electrons. The SMILES string of the molecule is NC1CC2(CCC(CNCc3ccc4c(c3)C(=O)N(C3CCC(=O)NC3=O)C4)CC2)C1. The maximum absolute atomic E-state index is 12.9. The van der Waals surface area contributed by atoms with Crippen molar-refractivity contribution in [2.24, 2.45) is 17.1 Å². The number of carbonyl (C=O) groups is 3. The first-order chi connectivity index (χ1) is 14.9. The van der Waals surface area contributed by atoms with Gasteiger partial charge in [-0.2, -0.15) is 0 Å². The Morgan fingerprint density at radius 1 is 1.13 bits per heavy atom. The molecule has 2 aliphatic carbocycles. The van der Waals surface area contributed by atoms with Crippen molar-refractivity contribution in [1.29, 1.82) is 0 Å². The lowest BCUT2D eigenvalue weighted by atomic mass is 9.57. The molecule has 7 heteroatoms. The average molecular weight is 425 g/mol. The summed E-state index contributed by atoms with van der Waals surface area (Å²) in [6, 6.07) is 5.91. The molecule has 1 atom stereocenters. The maximum Gasteiger partial charge on any atom is 0.255 e. The Kier molecular flexibility index (Phi) is 5.34. The number of benzene rings is 1. The van der Waals surface area contributed by atoms with Gasteiger partial charge in [0.25, 0.3) is 5.91 Å². The van der Waals surface area contributed by atoms with Crippen LogP contribution in [-0.4, -0.2) is 41.2 Å². The van der Waals surface area contributed by atoms with E-state index in [1.807, 2.05) is 12.1 Å². The molecule has 0 bridgehead atoms. The van der Waals surface area contributed by atoms with E-state index in [2.05, 4.69) is 16.7 Å². The molecule has 4 N–H and O–H groups in total. The Morgan fingerprint density at radius 3 is 2.61 bits per heavy atom. The topological polar surface area (TPSA) is 105 Å². The van der Waals surface area contributed by atoms with Gasteiger partial charge in [0.2, 0.25) is 11.8 Å². The van der Waals surface area contributed by atoms with E-state index in [0.29, 0.717) is 30.0 Å². The van der Waals surface area contributed by atoms with Crippen LogP contribution in [0.3, 0.4) is 0 Å². The van der Waals surface area contributed by atoms with Gasteiger partial charge in [0.1, 0.15) is 6.04 Å². The second kappa shape index (κ2) is 8.02. The van der Waals surface area contributed by atoms with Crippen LogP contribution in [0.15, 0.2) is 18.2 Å². The smallest absolute Gasteiger partial charge is 0.255 e. The standard InChI is InChI=1S/C24H32N4O3/c25-18-10-24(11-18)7-5-15(6-8-24)12-26-13-16-1-2-17-14-28(23(31)19(17)9-16)20-3-4-21(29)27-22(20)30/h1-2,9,15,18,20,26H,3-8,10-14,25H2,(H,27,29,30). The third kappa shape index (κ3) is 4.01. The predicted octanol–water partition coefficient (Wildman–Crippen LogP) is 1.83. The Bertz CT molecular complexity index is 898. The van der Waals surface area contributed by atoms with Crippen molar-refractivity contribution in [3.8, 4) is 0 Å². The predicted molar refractivity (Wildman–Crippen MR) is 116 cm³/mol. The highest BCUT2D eigenvalue weighted by Gasteiger charge is 2.44. The molecule has 2 saturated carbocycles. The Labute approximate surface area is 183 Å². The summed E-state index contributed by atoms with van der Waals surface area (Å²) in [6.45, 7) is 2.18. The van der Waals surface area contributed by atoms with Crippen LogP contribution >= 0.6 is 0 Å². The van der Waals surface area contributed by atoms with Crippen molar-refractivity contribution in [3.05, 3.63) is 34.9 Å². The van der Waals surface area contributed by atoms with Gasteiger partial charge in [0, 0.05) is 31.1 Å². The number of hydrogen-bond donors (Lipinski definition) is 3. The van der Waals surface area contributed by atoms with Crippen molar-refractivity contribution < 1.29 is 14.4 Å². The average Bonchev–Trinajstić information content (AvgIpc) is 3.04. The maximum atomic E-state index is 12.9. The number of imide groups is 1. The van der Waals surface area contributed by atoms with E-state index in [1.54, 1.807) is 4.90 Å². The third-order valence-electron chi connectivity index (χ3n) is 7.91. The minimum atomic E-state index is -0.556. The first kappa shape index (κ1) is 20.6. The fraction of sp³-hybridized carbons (Fsp3) is 0.625. The van der Waals surface area contributed by atoms with Crippen LogP contribution in [0.4, 0.5) is 0 Å². The Morgan fingerprint density at radius 2 is 1.90 bits per heavy atom. The molecular formula is C24H32N4O3. The highest BCUT2D eigenvalue weighted by Crippen LogP contribution is 2.52. The molecule has 4 aliphatic rings. The lowest BCUT2D eigenvalue weighted by Gasteiger charge is -2.50. The van der Waals surface area contributed by atoms with Crippen molar-refractivity contribution in [2.45, 2.75) is 76.5 Å². The van der Waals surface area contributed by atoms with E-state index < -0.39 is 6.04 Å². The van der Waals surface area contributed by atoms with E-state index in [9.17, 15) is 14.4 Å². The number of carbonyl (C=O) groups excluding carboxylic acids is 3. The molecule has 1 aromatic rings. The van der Waals surface area contributed by atoms with Gasteiger partial charge in [-0.1, -0.05) is 12.1 Å². The summed E-state index contributed by atoms with van der Waals surface area (Å²) in [6.07, 6.45) is 8.30. The molecule has 1 aromatic carbocycles. The normalized spacial score (nSPS) is 32.7. The number of rotatable bonds is 5. The summed E-state index contributed by atoms with van der Waals surface area (Å²) in [5.74, 6) is -0.00947. The van der Waals surface area contributed by atoms with E-state index in [4.69, 9.17) is 5.73 Å². The molecule has 1 unspecified atom stereocenters. The minimum Gasteiger partial charge on any atom is -0.328 e. The minimum absolute atomic E-state index is 0.109. The molecule has 5 rings (SSSR count). The number of piperidine rings is 1. The molecule has 1 spiro atoms. The van der Waals surface area contributed by atoms with Gasteiger partial charge in [-0.25, -0.2) is 0 Å². The van der Waals surface area contributed by atoms with Crippen LogP contribution in [0.25, 0.3) is 0 Å². The lowest BCUT2D eigenvalue weighted by Crippen LogP contribution is -2.52. The summed E-state index contributed by atoms with van der Waals surface area (Å²) < 4.78 is 0. The van der Waals surface area contributed by atoms with Crippen LogP contribution in [-0.2, 0) is 22.7 Å². The quantitative estimate of drug-likeness (QED) is 0.626. The van der Waals surface area contributed by atoms with Crippen LogP contribution < -0.4 is 16.4 Å². The van der Waals surface area contributed by atoms with Gasteiger partial charge in [-0.05, 0) is 80.0 Å². The zero-order valence-electron chi connectivity index (χ0n) is 18.0. The fourth-order valence-electron chi connectivity index (χ4n) is 6.09. The number of nitrogens with two attached hydrogens (primary N) is 1. The van der Waals surface area contributed by atoms with Crippen molar-refractivity contribution in [2.75, 3.05) is 6.54 Å². The van der Waals surface area contributed by atoms with Gasteiger partial charge >= 0.3 is 0 Å². The van der Waals surface area contributed by atoms with Crippen LogP contribution in [0.1, 0.15) is 72.9 Å². The van der Waals surface area contributed by atoms with Crippen molar-refractivity contribution >= 4 is 17.7 Å². The molecule has 3 fully saturated rings. The molecule has 2 aliphatic heterocycles. The summed E-state index contributed by atoms with van der Waals surface area (Å²) >= 11 is 0. The lowest BCUT2D eigenvalue weighted by molar-refractivity contribution is -0.136. The number of hydrogen-bond acceptors (Lipinski definition) is 5. The van der Waals surface area contributed by atoms with E-state index in [0.717, 1.165) is 30.1 Å². The zero-order valence-corrected chi connectivity index (χ0v) is 18.0. The summed E-state index contributed by atoms with van der Waals surface area (Å²) in [4.78, 5) is 38.1. The van der Waals surface area contributed by atoms with Crippen LogP contribution in [0.5, 0.6) is 0 Å². The van der Waals surface area contributed by atoms with Crippen LogP contribution in [0, 0.1) is 11.3 Å². The Hall–Kier alpha value is -2.25. The van der Waals surface area contributed by atoms with Gasteiger partial charge in [0.05, 0.1) is 0 Å². The van der Waals surface area contributed by atoms with Gasteiger partial charge < -0.3 is 16.0 Å². The zero-order chi connectivity index (χ0) is 21.6. The van der Waals surface area contributed by atoms with Crippen molar-refractivity contribution in [3.63, 3.8) is 0 Å². The second-order valence-corrected chi connectivity index (χ2v) is 10.1. The summed E-state index contributed by atoms with van der Waals surface area (Å²) in [7, 11) is 0. The summed E-state index contributed by atoms with van der Waals surface area (Å²) in [5, 5.41) is 5.94. The van der Waals surface area contributed by atoms with Gasteiger partial charge in [-0.15, -0.1) is 0 Å². The molecule has 0 aromatic heterocycles. The highest BCUT2D eigenvalue weighted by molar-refractivity contribution is 6.05. The monoisotopic (exact) mass is 424 g/mol. The first-order valence-corrected chi connectivity index (χ1v) is 11.7. The number of nitrogens with one attached hydrogen (secondary N) is 2. The third-order valence-corrected chi connectivity index (χ3v) is 7.91. The highest BCUT2D eigenvalue weighted by atomic mass is 16.2.